The van der Waals surface area contributed by atoms with Crippen molar-refractivity contribution in [3.8, 4) is 0 Å². The number of hydrogen-bond donors (Lipinski definition) is 4. The van der Waals surface area contributed by atoms with Crippen LogP contribution in [0.1, 0.15) is 23.0 Å². The molecule has 2 aromatic rings. The molecule has 0 bridgehead atoms. The molecule has 0 saturated carbocycles. The van der Waals surface area contributed by atoms with Crippen molar-refractivity contribution < 1.29 is 14.7 Å². The maximum Gasteiger partial charge on any atom is 0.268 e. The first kappa shape index (κ1) is 15.1. The Morgan fingerprint density at radius 3 is 2.62 bits per heavy atom. The van der Waals surface area contributed by atoms with Gasteiger partial charge in [-0.25, -0.2) is 0 Å². The topological polar surface area (TPSA) is 94.2 Å². The van der Waals surface area contributed by atoms with Gasteiger partial charge >= 0.3 is 0 Å². The average molecular weight is 289 g/mol. The van der Waals surface area contributed by atoms with Crippen molar-refractivity contribution in [1.82, 2.24) is 15.6 Å². The molecule has 6 heteroatoms. The van der Waals surface area contributed by atoms with E-state index in [2.05, 4.69) is 15.6 Å². The molecule has 2 atom stereocenters. The fourth-order valence-corrected chi connectivity index (χ4v) is 2.15. The molecule has 0 aliphatic carbocycles. The fraction of sp³-hybridized carbons (Fsp3) is 0.333. The summed E-state index contributed by atoms with van der Waals surface area (Å²) >= 11 is 0. The summed E-state index contributed by atoms with van der Waals surface area (Å²) in [5, 5.41) is 15.5. The number of carbonyl (C=O) groups excluding carboxylic acids is 2. The van der Waals surface area contributed by atoms with E-state index in [1.54, 1.807) is 6.07 Å². The number of H-pyrrole nitrogens is 1. The number of aromatic nitrogens is 1. The van der Waals surface area contributed by atoms with Crippen molar-refractivity contribution in [2.75, 3.05) is 7.05 Å². The molecule has 0 radical (unpaired) electrons. The summed E-state index contributed by atoms with van der Waals surface area (Å²) in [7, 11) is 1.45. The second kappa shape index (κ2) is 5.97. The number of benzene rings is 1. The molecule has 21 heavy (non-hydrogen) atoms. The van der Waals surface area contributed by atoms with Gasteiger partial charge in [-0.3, -0.25) is 9.59 Å². The molecule has 0 fully saturated rings. The molecule has 0 spiro atoms. The van der Waals surface area contributed by atoms with E-state index >= 15 is 0 Å². The lowest BCUT2D eigenvalue weighted by Crippen LogP contribution is -2.51. The molecule has 2 rings (SSSR count). The van der Waals surface area contributed by atoms with E-state index in [9.17, 15) is 14.7 Å². The van der Waals surface area contributed by atoms with E-state index in [1.807, 2.05) is 25.1 Å². The van der Waals surface area contributed by atoms with Gasteiger partial charge in [0.2, 0.25) is 5.91 Å². The number of aliphatic hydroxyl groups is 1. The molecule has 1 heterocycles. The van der Waals surface area contributed by atoms with Crippen LogP contribution in [0.15, 0.2) is 24.3 Å². The molecule has 0 unspecified atom stereocenters. The van der Waals surface area contributed by atoms with Crippen molar-refractivity contribution >= 4 is 22.7 Å². The highest BCUT2D eigenvalue weighted by atomic mass is 16.3. The van der Waals surface area contributed by atoms with E-state index in [0.717, 1.165) is 16.5 Å². The Labute approximate surface area is 122 Å². The zero-order chi connectivity index (χ0) is 15.6. The average Bonchev–Trinajstić information content (AvgIpc) is 2.86. The lowest BCUT2D eigenvalue weighted by atomic mass is 10.1. The Hall–Kier alpha value is -2.34. The molecule has 0 saturated heterocycles. The number of aromatic amines is 1. The second-order valence-corrected chi connectivity index (χ2v) is 5.08. The number of aryl methyl sites for hydroxylation is 1. The molecular weight excluding hydrogens is 270 g/mol. The van der Waals surface area contributed by atoms with Gasteiger partial charge in [0.05, 0.1) is 6.10 Å². The van der Waals surface area contributed by atoms with E-state index in [4.69, 9.17) is 0 Å². The smallest absolute Gasteiger partial charge is 0.268 e. The van der Waals surface area contributed by atoms with Crippen molar-refractivity contribution in [3.05, 3.63) is 35.5 Å². The maximum atomic E-state index is 12.2. The summed E-state index contributed by atoms with van der Waals surface area (Å²) in [6, 6.07) is 6.54. The Bertz CT molecular complexity index is 676. The fourth-order valence-electron chi connectivity index (χ4n) is 2.15. The monoisotopic (exact) mass is 289 g/mol. The Morgan fingerprint density at radius 1 is 1.29 bits per heavy atom. The molecule has 2 amide bonds. The zero-order valence-corrected chi connectivity index (χ0v) is 12.2. The van der Waals surface area contributed by atoms with Crippen LogP contribution >= 0.6 is 0 Å². The normalized spacial score (nSPS) is 13.7. The van der Waals surface area contributed by atoms with Gasteiger partial charge in [0.15, 0.2) is 0 Å². The Kier molecular flexibility index (Phi) is 4.28. The van der Waals surface area contributed by atoms with Crippen molar-refractivity contribution in [3.63, 3.8) is 0 Å². The van der Waals surface area contributed by atoms with Gasteiger partial charge in [0.1, 0.15) is 11.7 Å². The first-order valence-electron chi connectivity index (χ1n) is 6.72. The van der Waals surface area contributed by atoms with E-state index < -0.39 is 24.0 Å². The minimum absolute atomic E-state index is 0.352. The van der Waals surface area contributed by atoms with Gasteiger partial charge in [-0.15, -0.1) is 0 Å². The molecule has 6 nitrogen and oxygen atoms in total. The van der Waals surface area contributed by atoms with Crippen LogP contribution in [0.2, 0.25) is 0 Å². The van der Waals surface area contributed by atoms with Gasteiger partial charge < -0.3 is 20.7 Å². The first-order valence-corrected chi connectivity index (χ1v) is 6.72. The third-order valence-electron chi connectivity index (χ3n) is 3.32. The summed E-state index contributed by atoms with van der Waals surface area (Å²) in [6.45, 7) is 3.43. The number of aliphatic hydroxyl groups excluding tert-OH is 1. The Balaban J connectivity index is 2.23. The summed E-state index contributed by atoms with van der Waals surface area (Å²) in [5.41, 5.74) is 2.30. The molecule has 4 N–H and O–H groups in total. The highest BCUT2D eigenvalue weighted by Crippen LogP contribution is 2.17. The summed E-state index contributed by atoms with van der Waals surface area (Å²) in [4.78, 5) is 26.8. The lowest BCUT2D eigenvalue weighted by Gasteiger charge is -2.19. The quantitative estimate of drug-likeness (QED) is 0.667. The Morgan fingerprint density at radius 2 is 2.00 bits per heavy atom. The van der Waals surface area contributed by atoms with E-state index in [1.165, 1.54) is 14.0 Å². The predicted octanol–water partition coefficient (Wildman–Crippen LogP) is 0.702. The summed E-state index contributed by atoms with van der Waals surface area (Å²) in [6.07, 6.45) is -0.986. The summed E-state index contributed by atoms with van der Waals surface area (Å²) in [5.74, 6) is -0.872. The van der Waals surface area contributed by atoms with E-state index in [0.29, 0.717) is 5.69 Å². The highest BCUT2D eigenvalue weighted by molar-refractivity contribution is 6.00. The van der Waals surface area contributed by atoms with Crippen LogP contribution in [0.25, 0.3) is 10.9 Å². The molecule has 1 aromatic heterocycles. The van der Waals surface area contributed by atoms with Crippen LogP contribution in [0.5, 0.6) is 0 Å². The number of hydrogen-bond acceptors (Lipinski definition) is 3. The maximum absolute atomic E-state index is 12.2. The number of amides is 2. The first-order chi connectivity index (χ1) is 9.92. The second-order valence-electron chi connectivity index (χ2n) is 5.08. The van der Waals surface area contributed by atoms with Gasteiger partial charge in [-0.05, 0) is 32.0 Å². The number of nitrogens with one attached hydrogen (secondary N) is 3. The number of fused-ring (bicyclic) bond motifs is 1. The standard InChI is InChI=1S/C15H19N3O3/c1-8-4-5-11-10(6-8)7-12(17-11)14(20)18-13(9(2)19)15(21)16-3/h4-7,9,13,17,19H,1-3H3,(H,16,21)(H,18,20)/t9-,13+/m1/s1. The SMILES string of the molecule is CNC(=O)[C@@H](NC(=O)c1cc2cc(C)ccc2[nH]1)[C@@H](C)O. The van der Waals surface area contributed by atoms with Gasteiger partial charge in [-0.2, -0.15) is 0 Å². The minimum atomic E-state index is -0.990. The number of rotatable bonds is 4. The van der Waals surface area contributed by atoms with E-state index in [-0.39, 0.29) is 0 Å². The van der Waals surface area contributed by atoms with Crippen LogP contribution in [-0.2, 0) is 4.79 Å². The van der Waals surface area contributed by atoms with Gasteiger partial charge in [-0.1, -0.05) is 11.6 Å². The van der Waals surface area contributed by atoms with Crippen LogP contribution in [-0.4, -0.2) is 41.1 Å². The lowest BCUT2D eigenvalue weighted by molar-refractivity contribution is -0.124. The highest BCUT2D eigenvalue weighted by Gasteiger charge is 2.25. The predicted molar refractivity (Wildman–Crippen MR) is 80.0 cm³/mol. The minimum Gasteiger partial charge on any atom is -0.391 e. The third-order valence-corrected chi connectivity index (χ3v) is 3.32. The molecule has 0 aliphatic heterocycles. The zero-order valence-electron chi connectivity index (χ0n) is 12.2. The van der Waals surface area contributed by atoms with Crippen molar-refractivity contribution in [2.45, 2.75) is 26.0 Å². The number of carbonyl (C=O) groups is 2. The van der Waals surface area contributed by atoms with Crippen LogP contribution < -0.4 is 10.6 Å². The van der Waals surface area contributed by atoms with Crippen molar-refractivity contribution in [1.29, 1.82) is 0 Å². The number of likely N-dealkylation sites (N-methyl/N-ethyl adjacent to an activating group) is 1. The molecular formula is C15H19N3O3. The van der Waals surface area contributed by atoms with Crippen molar-refractivity contribution in [2.24, 2.45) is 0 Å². The van der Waals surface area contributed by atoms with Crippen LogP contribution in [0, 0.1) is 6.92 Å². The third kappa shape index (κ3) is 3.22. The molecule has 112 valence electrons. The largest absolute Gasteiger partial charge is 0.391 e. The van der Waals surface area contributed by atoms with Gasteiger partial charge in [0.25, 0.3) is 5.91 Å². The van der Waals surface area contributed by atoms with Gasteiger partial charge in [0, 0.05) is 18.0 Å². The molecule has 0 aliphatic rings. The molecule has 1 aromatic carbocycles. The van der Waals surface area contributed by atoms with Crippen LogP contribution in [0.4, 0.5) is 0 Å². The van der Waals surface area contributed by atoms with Crippen LogP contribution in [0.3, 0.4) is 0 Å². The summed E-state index contributed by atoms with van der Waals surface area (Å²) < 4.78 is 0.